The molecule has 0 atom stereocenters. The molecule has 3 aromatic heterocycles. The summed E-state index contributed by atoms with van der Waals surface area (Å²) in [6.45, 7) is 0. The van der Waals surface area contributed by atoms with E-state index in [4.69, 9.17) is 14.6 Å². The summed E-state index contributed by atoms with van der Waals surface area (Å²) in [6.07, 6.45) is 0. The number of nitrogens with zero attached hydrogens (tertiary/aromatic N) is 2. The van der Waals surface area contributed by atoms with E-state index in [-0.39, 0.29) is 0 Å². The molecule has 2 N–H and O–H groups in total. The number of hydrogen-bond acceptors (Lipinski definition) is 4. The van der Waals surface area contributed by atoms with Crippen LogP contribution in [-0.4, -0.2) is 4.57 Å². The van der Waals surface area contributed by atoms with Crippen molar-refractivity contribution in [1.29, 1.82) is 5.26 Å². The molecule has 42 heavy (non-hydrogen) atoms. The maximum absolute atomic E-state index is 9.49. The first-order valence-corrected chi connectivity index (χ1v) is 13.8. The molecule has 9 rings (SSSR count). The fourth-order valence-electron chi connectivity index (χ4n) is 6.53. The molecule has 0 saturated heterocycles. The van der Waals surface area contributed by atoms with Crippen LogP contribution in [0.4, 0.5) is 5.69 Å². The molecule has 0 spiro atoms. The van der Waals surface area contributed by atoms with Crippen LogP contribution in [0.25, 0.3) is 82.5 Å². The monoisotopic (exact) mass is 539 g/mol. The zero-order valence-electron chi connectivity index (χ0n) is 22.3. The quantitative estimate of drug-likeness (QED) is 0.222. The Morgan fingerprint density at radius 3 is 2.24 bits per heavy atom. The molecule has 9 aromatic rings. The Kier molecular flexibility index (Phi) is 4.48. The maximum Gasteiger partial charge on any atom is 0.145 e. The van der Waals surface area contributed by atoms with Crippen molar-refractivity contribution in [2.24, 2.45) is 0 Å². The molecule has 5 nitrogen and oxygen atoms in total. The number of benzene rings is 6. The molecule has 0 aliphatic rings. The predicted molar refractivity (Wildman–Crippen MR) is 170 cm³/mol. The van der Waals surface area contributed by atoms with Gasteiger partial charge in [-0.15, -0.1) is 0 Å². The van der Waals surface area contributed by atoms with Crippen molar-refractivity contribution < 1.29 is 8.83 Å². The van der Waals surface area contributed by atoms with E-state index in [1.807, 2.05) is 48.5 Å². The average Bonchev–Trinajstić information content (AvgIpc) is 3.69. The van der Waals surface area contributed by atoms with Crippen LogP contribution in [0.1, 0.15) is 5.56 Å². The minimum absolute atomic E-state index is 0.599. The minimum Gasteiger partial charge on any atom is -0.456 e. The van der Waals surface area contributed by atoms with Crippen LogP contribution in [0.2, 0.25) is 0 Å². The van der Waals surface area contributed by atoms with Crippen LogP contribution in [-0.2, 0) is 0 Å². The molecule has 0 fully saturated rings. The summed E-state index contributed by atoms with van der Waals surface area (Å²) in [5.41, 5.74) is 16.4. The lowest BCUT2D eigenvalue weighted by molar-refractivity contribution is 0.669. The van der Waals surface area contributed by atoms with Gasteiger partial charge in [0.1, 0.15) is 22.3 Å². The molecule has 196 valence electrons. The highest BCUT2D eigenvalue weighted by atomic mass is 16.3. The number of hydrogen-bond donors (Lipinski definition) is 1. The van der Waals surface area contributed by atoms with E-state index in [9.17, 15) is 5.26 Å². The summed E-state index contributed by atoms with van der Waals surface area (Å²) in [5.74, 6) is 0. The van der Waals surface area contributed by atoms with E-state index in [1.54, 1.807) is 6.07 Å². The molecule has 0 aliphatic carbocycles. The van der Waals surface area contributed by atoms with Gasteiger partial charge >= 0.3 is 0 Å². The van der Waals surface area contributed by atoms with E-state index in [0.717, 1.165) is 82.5 Å². The third-order valence-corrected chi connectivity index (χ3v) is 8.38. The number of rotatable bonds is 2. The third-order valence-electron chi connectivity index (χ3n) is 8.38. The van der Waals surface area contributed by atoms with Gasteiger partial charge in [0.05, 0.1) is 39.4 Å². The Labute approximate surface area is 239 Å². The highest BCUT2D eigenvalue weighted by Crippen LogP contribution is 2.44. The van der Waals surface area contributed by atoms with Gasteiger partial charge in [0.2, 0.25) is 0 Å². The highest BCUT2D eigenvalue weighted by molar-refractivity contribution is 6.24. The first-order valence-electron chi connectivity index (χ1n) is 13.8. The van der Waals surface area contributed by atoms with Crippen molar-refractivity contribution in [2.45, 2.75) is 0 Å². The van der Waals surface area contributed by atoms with Crippen LogP contribution in [0, 0.1) is 11.3 Å². The van der Waals surface area contributed by atoms with Gasteiger partial charge in [0, 0.05) is 32.5 Å². The second-order valence-electron chi connectivity index (χ2n) is 10.7. The van der Waals surface area contributed by atoms with Crippen LogP contribution < -0.4 is 5.73 Å². The Morgan fingerprint density at radius 2 is 1.36 bits per heavy atom. The number of nitrogens with two attached hydrogens (primary N) is 1. The Balaban J connectivity index is 1.37. The first-order chi connectivity index (χ1) is 20.7. The second kappa shape index (κ2) is 8.26. The number of para-hydroxylation sites is 3. The lowest BCUT2D eigenvalue weighted by Crippen LogP contribution is -2.02. The Bertz CT molecular complexity index is 2610. The number of nitrogen functional groups attached to an aromatic ring is 1. The van der Waals surface area contributed by atoms with Crippen molar-refractivity contribution in [1.82, 2.24) is 4.57 Å². The topological polar surface area (TPSA) is 81.0 Å². The SMILES string of the molecule is N#Cc1ccc2oc3ccc(-c4cccc(N)c4-n4c5ccccc5c5c6oc7ccccc7c6ccc54)cc3c2c1. The first kappa shape index (κ1) is 22.8. The van der Waals surface area contributed by atoms with Crippen molar-refractivity contribution in [3.8, 4) is 22.9 Å². The summed E-state index contributed by atoms with van der Waals surface area (Å²) in [5, 5.41) is 15.7. The van der Waals surface area contributed by atoms with E-state index in [1.165, 1.54) is 0 Å². The lowest BCUT2D eigenvalue weighted by Gasteiger charge is -2.16. The van der Waals surface area contributed by atoms with Gasteiger partial charge in [0.15, 0.2) is 0 Å². The number of fused-ring (bicyclic) bond motifs is 10. The van der Waals surface area contributed by atoms with Crippen molar-refractivity contribution >= 4 is 71.4 Å². The van der Waals surface area contributed by atoms with Crippen LogP contribution >= 0.6 is 0 Å². The molecule has 0 radical (unpaired) electrons. The minimum atomic E-state index is 0.599. The van der Waals surface area contributed by atoms with E-state index >= 15 is 0 Å². The maximum atomic E-state index is 9.49. The summed E-state index contributed by atoms with van der Waals surface area (Å²) >= 11 is 0. The summed E-state index contributed by atoms with van der Waals surface area (Å²) < 4.78 is 14.8. The molecular weight excluding hydrogens is 518 g/mol. The number of anilines is 1. The summed E-state index contributed by atoms with van der Waals surface area (Å²) in [6, 6.07) is 40.9. The smallest absolute Gasteiger partial charge is 0.145 e. The summed E-state index contributed by atoms with van der Waals surface area (Å²) in [4.78, 5) is 0. The van der Waals surface area contributed by atoms with Crippen molar-refractivity contribution in [3.05, 3.63) is 121 Å². The van der Waals surface area contributed by atoms with Gasteiger partial charge in [-0.3, -0.25) is 0 Å². The molecule has 6 aromatic carbocycles. The van der Waals surface area contributed by atoms with Crippen LogP contribution in [0.5, 0.6) is 0 Å². The molecule has 0 bridgehead atoms. The number of nitriles is 1. The fourth-order valence-corrected chi connectivity index (χ4v) is 6.53. The van der Waals surface area contributed by atoms with E-state index < -0.39 is 0 Å². The van der Waals surface area contributed by atoms with Gasteiger partial charge in [0.25, 0.3) is 0 Å². The summed E-state index contributed by atoms with van der Waals surface area (Å²) in [7, 11) is 0. The Hall–Kier alpha value is -5.99. The highest BCUT2D eigenvalue weighted by Gasteiger charge is 2.22. The molecule has 0 aliphatic heterocycles. The van der Waals surface area contributed by atoms with Gasteiger partial charge < -0.3 is 19.1 Å². The van der Waals surface area contributed by atoms with E-state index in [2.05, 4.69) is 71.3 Å². The predicted octanol–water partition coefficient (Wildman–Crippen LogP) is 9.70. The van der Waals surface area contributed by atoms with Gasteiger partial charge in [-0.1, -0.05) is 54.6 Å². The van der Waals surface area contributed by atoms with Crippen LogP contribution in [0.15, 0.2) is 124 Å². The molecule has 0 saturated carbocycles. The van der Waals surface area contributed by atoms with Crippen LogP contribution in [0.3, 0.4) is 0 Å². The van der Waals surface area contributed by atoms with Gasteiger partial charge in [-0.05, 0) is 66.2 Å². The molecule has 3 heterocycles. The fraction of sp³-hybridized carbons (Fsp3) is 0. The zero-order valence-corrected chi connectivity index (χ0v) is 22.3. The molecular formula is C37H21N3O2. The number of aromatic nitrogens is 1. The van der Waals surface area contributed by atoms with E-state index in [0.29, 0.717) is 11.3 Å². The molecule has 5 heteroatoms. The molecule has 0 unspecified atom stereocenters. The third kappa shape index (κ3) is 3.01. The van der Waals surface area contributed by atoms with Crippen molar-refractivity contribution in [2.75, 3.05) is 5.73 Å². The van der Waals surface area contributed by atoms with Gasteiger partial charge in [-0.2, -0.15) is 5.26 Å². The zero-order chi connectivity index (χ0) is 27.9. The number of furan rings is 2. The normalized spacial score (nSPS) is 11.9. The lowest BCUT2D eigenvalue weighted by atomic mass is 9.99. The average molecular weight is 540 g/mol. The second-order valence-corrected chi connectivity index (χ2v) is 10.7. The van der Waals surface area contributed by atoms with Gasteiger partial charge in [-0.25, -0.2) is 0 Å². The Morgan fingerprint density at radius 1 is 0.595 bits per heavy atom. The van der Waals surface area contributed by atoms with Crippen molar-refractivity contribution in [3.63, 3.8) is 0 Å². The molecule has 0 amide bonds. The largest absolute Gasteiger partial charge is 0.456 e. The standard InChI is InChI=1S/C37H21N3O2/c38-20-21-12-16-33-27(18-21)28-19-22(13-17-34(28)41-33)23-8-5-9-29(39)36(23)40-30-10-3-1-7-26(30)35-31(40)15-14-25-24-6-2-4-11-32(24)42-37(25)35/h1-19H,39H2.